The number of allylic oxidation sites excluding steroid dienone is 1. The Morgan fingerprint density at radius 3 is 3.25 bits per heavy atom. The lowest BCUT2D eigenvalue weighted by Gasteiger charge is -2.12. The summed E-state index contributed by atoms with van der Waals surface area (Å²) >= 11 is 0. The minimum Gasteiger partial charge on any atom is -0.490 e. The van der Waals surface area contributed by atoms with Gasteiger partial charge in [0.15, 0.2) is 0 Å². The second kappa shape index (κ2) is 5.66. The van der Waals surface area contributed by atoms with Crippen molar-refractivity contribution in [3.8, 4) is 5.75 Å². The fourth-order valence-electron chi connectivity index (χ4n) is 1.92. The van der Waals surface area contributed by atoms with Crippen molar-refractivity contribution in [3.63, 3.8) is 0 Å². The van der Waals surface area contributed by atoms with E-state index in [0.29, 0.717) is 6.04 Å². The van der Waals surface area contributed by atoms with Gasteiger partial charge in [0.25, 0.3) is 0 Å². The molecule has 86 valence electrons. The molecule has 0 saturated carbocycles. The number of ether oxygens (including phenoxy) is 1. The maximum Gasteiger partial charge on any atom is 0.137 e. The molecular weight excluding hydrogens is 200 g/mol. The highest BCUT2D eigenvalue weighted by Crippen LogP contribution is 2.13. The van der Waals surface area contributed by atoms with E-state index in [1.54, 1.807) is 6.20 Å². The lowest BCUT2D eigenvalue weighted by Crippen LogP contribution is -2.28. The van der Waals surface area contributed by atoms with Crippen LogP contribution in [0.4, 0.5) is 0 Å². The quantitative estimate of drug-likeness (QED) is 0.767. The van der Waals surface area contributed by atoms with E-state index in [1.807, 2.05) is 18.3 Å². The zero-order valence-corrected chi connectivity index (χ0v) is 9.48. The van der Waals surface area contributed by atoms with Crippen LogP contribution in [0.2, 0.25) is 0 Å². The SMILES string of the molecule is C=CCc1cncc(OCC2CCCN2)c1. The average Bonchev–Trinajstić information content (AvgIpc) is 2.80. The smallest absolute Gasteiger partial charge is 0.137 e. The van der Waals surface area contributed by atoms with Gasteiger partial charge < -0.3 is 10.1 Å². The lowest BCUT2D eigenvalue weighted by atomic mass is 10.2. The first-order chi connectivity index (χ1) is 7.88. The first-order valence-electron chi connectivity index (χ1n) is 5.79. The maximum atomic E-state index is 5.72. The summed E-state index contributed by atoms with van der Waals surface area (Å²) in [4.78, 5) is 4.16. The van der Waals surface area contributed by atoms with E-state index < -0.39 is 0 Å². The average molecular weight is 218 g/mol. The highest BCUT2D eigenvalue weighted by molar-refractivity contribution is 5.24. The molecule has 0 amide bonds. The summed E-state index contributed by atoms with van der Waals surface area (Å²) in [6, 6.07) is 2.53. The topological polar surface area (TPSA) is 34.1 Å². The summed E-state index contributed by atoms with van der Waals surface area (Å²) < 4.78 is 5.72. The Morgan fingerprint density at radius 2 is 2.50 bits per heavy atom. The van der Waals surface area contributed by atoms with Crippen molar-refractivity contribution < 1.29 is 4.74 Å². The number of nitrogens with one attached hydrogen (secondary N) is 1. The molecule has 0 spiro atoms. The highest BCUT2D eigenvalue weighted by Gasteiger charge is 2.14. The standard InChI is InChI=1S/C13H18N2O/c1-2-4-11-7-13(9-14-8-11)16-10-12-5-3-6-15-12/h2,7-9,12,15H,1,3-6,10H2. The molecule has 0 bridgehead atoms. The van der Waals surface area contributed by atoms with E-state index in [2.05, 4.69) is 16.9 Å². The van der Waals surface area contributed by atoms with Gasteiger partial charge in [0.05, 0.1) is 6.20 Å². The molecular formula is C13H18N2O. The van der Waals surface area contributed by atoms with Gasteiger partial charge in [-0.05, 0) is 37.4 Å². The van der Waals surface area contributed by atoms with Crippen LogP contribution in [0.25, 0.3) is 0 Å². The van der Waals surface area contributed by atoms with Crippen LogP contribution in [0.3, 0.4) is 0 Å². The number of nitrogens with zero attached hydrogens (tertiary/aromatic N) is 1. The molecule has 3 heteroatoms. The van der Waals surface area contributed by atoms with Gasteiger partial charge in [0.1, 0.15) is 12.4 Å². The molecule has 1 fully saturated rings. The Bertz CT molecular complexity index is 346. The molecule has 1 aromatic heterocycles. The normalized spacial score (nSPS) is 19.6. The lowest BCUT2D eigenvalue weighted by molar-refractivity contribution is 0.276. The maximum absolute atomic E-state index is 5.72. The summed E-state index contributed by atoms with van der Waals surface area (Å²) in [6.45, 7) is 5.57. The number of pyridine rings is 1. The molecule has 0 aliphatic carbocycles. The zero-order valence-electron chi connectivity index (χ0n) is 9.48. The third-order valence-electron chi connectivity index (χ3n) is 2.76. The Labute approximate surface area is 96.5 Å². The molecule has 16 heavy (non-hydrogen) atoms. The van der Waals surface area contributed by atoms with Gasteiger partial charge in [-0.3, -0.25) is 4.98 Å². The van der Waals surface area contributed by atoms with Crippen LogP contribution in [0.5, 0.6) is 5.75 Å². The summed E-state index contributed by atoms with van der Waals surface area (Å²) in [5, 5.41) is 3.41. The van der Waals surface area contributed by atoms with Gasteiger partial charge in [-0.2, -0.15) is 0 Å². The molecule has 1 saturated heterocycles. The van der Waals surface area contributed by atoms with E-state index >= 15 is 0 Å². The Balaban J connectivity index is 1.87. The third-order valence-corrected chi connectivity index (χ3v) is 2.76. The Kier molecular flexibility index (Phi) is 3.94. The first-order valence-corrected chi connectivity index (χ1v) is 5.79. The monoisotopic (exact) mass is 218 g/mol. The summed E-state index contributed by atoms with van der Waals surface area (Å²) in [6.07, 6.45) is 8.79. The highest BCUT2D eigenvalue weighted by atomic mass is 16.5. The second-order valence-electron chi connectivity index (χ2n) is 4.13. The van der Waals surface area contributed by atoms with Crippen molar-refractivity contribution >= 4 is 0 Å². The van der Waals surface area contributed by atoms with E-state index in [4.69, 9.17) is 4.74 Å². The van der Waals surface area contributed by atoms with Crippen LogP contribution in [-0.4, -0.2) is 24.2 Å². The minimum absolute atomic E-state index is 0.503. The van der Waals surface area contributed by atoms with Crippen LogP contribution in [0.1, 0.15) is 18.4 Å². The number of aromatic nitrogens is 1. The molecule has 2 heterocycles. The number of hydrogen-bond acceptors (Lipinski definition) is 3. The van der Waals surface area contributed by atoms with E-state index in [9.17, 15) is 0 Å². The molecule has 1 atom stereocenters. The molecule has 3 nitrogen and oxygen atoms in total. The van der Waals surface area contributed by atoms with Gasteiger partial charge in [0, 0.05) is 12.2 Å². The first kappa shape index (κ1) is 11.1. The third kappa shape index (κ3) is 3.07. The van der Waals surface area contributed by atoms with Crippen molar-refractivity contribution in [2.24, 2.45) is 0 Å². The molecule has 1 aromatic rings. The summed E-state index contributed by atoms with van der Waals surface area (Å²) in [5.74, 6) is 0.855. The van der Waals surface area contributed by atoms with Crippen LogP contribution < -0.4 is 10.1 Å². The van der Waals surface area contributed by atoms with Crippen molar-refractivity contribution in [2.75, 3.05) is 13.2 Å². The predicted molar refractivity (Wildman–Crippen MR) is 64.7 cm³/mol. The Hall–Kier alpha value is -1.35. The van der Waals surface area contributed by atoms with Crippen molar-refractivity contribution in [1.29, 1.82) is 0 Å². The van der Waals surface area contributed by atoms with E-state index in [-0.39, 0.29) is 0 Å². The van der Waals surface area contributed by atoms with Gasteiger partial charge >= 0.3 is 0 Å². The fourth-order valence-corrected chi connectivity index (χ4v) is 1.92. The van der Waals surface area contributed by atoms with Gasteiger partial charge in [-0.25, -0.2) is 0 Å². The molecule has 0 radical (unpaired) electrons. The molecule has 1 aliphatic rings. The second-order valence-corrected chi connectivity index (χ2v) is 4.13. The van der Waals surface area contributed by atoms with E-state index in [1.165, 1.54) is 12.8 Å². The van der Waals surface area contributed by atoms with Crippen molar-refractivity contribution in [3.05, 3.63) is 36.7 Å². The van der Waals surface area contributed by atoms with Crippen LogP contribution in [-0.2, 0) is 6.42 Å². The Morgan fingerprint density at radius 1 is 1.56 bits per heavy atom. The van der Waals surface area contributed by atoms with Crippen molar-refractivity contribution in [1.82, 2.24) is 10.3 Å². The van der Waals surface area contributed by atoms with E-state index in [0.717, 1.165) is 30.9 Å². The van der Waals surface area contributed by atoms with Crippen LogP contribution in [0.15, 0.2) is 31.1 Å². The molecule has 2 rings (SSSR count). The minimum atomic E-state index is 0.503. The molecule has 0 aromatic carbocycles. The fraction of sp³-hybridized carbons (Fsp3) is 0.462. The molecule has 1 aliphatic heterocycles. The van der Waals surface area contributed by atoms with Crippen LogP contribution in [0, 0.1) is 0 Å². The number of hydrogen-bond donors (Lipinski definition) is 1. The summed E-state index contributed by atoms with van der Waals surface area (Å²) in [7, 11) is 0. The number of rotatable bonds is 5. The zero-order chi connectivity index (χ0) is 11.2. The molecule has 1 unspecified atom stereocenters. The van der Waals surface area contributed by atoms with Crippen LogP contribution >= 0.6 is 0 Å². The van der Waals surface area contributed by atoms with Gasteiger partial charge in [0.2, 0.25) is 0 Å². The predicted octanol–water partition coefficient (Wildman–Crippen LogP) is 1.94. The van der Waals surface area contributed by atoms with Gasteiger partial charge in [-0.15, -0.1) is 6.58 Å². The van der Waals surface area contributed by atoms with Crippen molar-refractivity contribution in [2.45, 2.75) is 25.3 Å². The molecule has 1 N–H and O–H groups in total. The van der Waals surface area contributed by atoms with Gasteiger partial charge in [-0.1, -0.05) is 6.08 Å². The largest absolute Gasteiger partial charge is 0.490 e. The summed E-state index contributed by atoms with van der Waals surface area (Å²) in [5.41, 5.74) is 1.15.